The summed E-state index contributed by atoms with van der Waals surface area (Å²) in [6.45, 7) is 7.69. The number of hydrogen-bond acceptors (Lipinski definition) is 7. The standard InChI is InChI=1S/C31H34FN3O6S/c1-31(2,3)41-30(37)35-14-12-34(13-15-35)19-21-16-22(18-23(17-21)42(32,38)39)33-29(36)40-20-28-26-10-6-4-8-24(26)25-9-5-7-11-27(25)28/h4-11,16-18,28H,12-15,19-20H2,1-3H3,(H,33,36). The maximum absolute atomic E-state index is 14.1. The molecule has 1 fully saturated rings. The van der Waals surface area contributed by atoms with Crippen LogP contribution in [0.25, 0.3) is 11.1 Å². The molecule has 222 valence electrons. The molecule has 0 bridgehead atoms. The van der Waals surface area contributed by atoms with Crippen molar-refractivity contribution >= 4 is 28.1 Å². The van der Waals surface area contributed by atoms with Crippen LogP contribution in [0.5, 0.6) is 0 Å². The van der Waals surface area contributed by atoms with Crippen LogP contribution in [-0.2, 0) is 26.2 Å². The second-order valence-electron chi connectivity index (χ2n) is 11.5. The van der Waals surface area contributed by atoms with Crippen molar-refractivity contribution in [2.75, 3.05) is 38.1 Å². The average Bonchev–Trinajstić information content (AvgIpc) is 3.24. The molecule has 1 aliphatic heterocycles. The quantitative estimate of drug-likeness (QED) is 0.362. The van der Waals surface area contributed by atoms with Crippen molar-refractivity contribution in [3.63, 3.8) is 0 Å². The Morgan fingerprint density at radius 3 is 2.10 bits per heavy atom. The van der Waals surface area contributed by atoms with E-state index in [-0.39, 0.29) is 24.3 Å². The van der Waals surface area contributed by atoms with Crippen molar-refractivity contribution in [2.24, 2.45) is 0 Å². The summed E-state index contributed by atoms with van der Waals surface area (Å²) < 4.78 is 48.7. The van der Waals surface area contributed by atoms with Gasteiger partial charge in [0.25, 0.3) is 0 Å². The number of benzene rings is 3. The molecule has 0 radical (unpaired) electrons. The maximum atomic E-state index is 14.1. The van der Waals surface area contributed by atoms with E-state index in [0.29, 0.717) is 38.3 Å². The van der Waals surface area contributed by atoms with E-state index in [9.17, 15) is 21.9 Å². The highest BCUT2D eigenvalue weighted by molar-refractivity contribution is 7.86. The van der Waals surface area contributed by atoms with E-state index in [4.69, 9.17) is 9.47 Å². The summed E-state index contributed by atoms with van der Waals surface area (Å²) >= 11 is 0. The molecule has 2 amide bonds. The molecule has 1 aliphatic carbocycles. The van der Waals surface area contributed by atoms with E-state index in [1.54, 1.807) is 31.7 Å². The Kier molecular flexibility index (Phi) is 8.25. The number of anilines is 1. The Labute approximate surface area is 245 Å². The van der Waals surface area contributed by atoms with E-state index in [0.717, 1.165) is 28.3 Å². The van der Waals surface area contributed by atoms with Gasteiger partial charge in [0.2, 0.25) is 0 Å². The Morgan fingerprint density at radius 2 is 1.52 bits per heavy atom. The molecule has 5 rings (SSSR count). The fraction of sp³-hybridized carbons (Fsp3) is 0.355. The third-order valence-electron chi connectivity index (χ3n) is 7.27. The minimum atomic E-state index is -5.03. The Bertz CT molecular complexity index is 1550. The lowest BCUT2D eigenvalue weighted by Crippen LogP contribution is -2.49. The predicted molar refractivity (Wildman–Crippen MR) is 157 cm³/mol. The number of carbonyl (C=O) groups is 2. The maximum Gasteiger partial charge on any atom is 0.411 e. The number of piperazine rings is 1. The smallest absolute Gasteiger partial charge is 0.411 e. The molecule has 0 saturated carbocycles. The first kappa shape index (κ1) is 29.5. The van der Waals surface area contributed by atoms with Gasteiger partial charge in [0.05, 0.1) is 0 Å². The summed E-state index contributed by atoms with van der Waals surface area (Å²) in [5, 5.41) is 2.57. The molecular formula is C31H34FN3O6S. The fourth-order valence-electron chi connectivity index (χ4n) is 5.39. The third-order valence-corrected chi connectivity index (χ3v) is 8.07. The number of nitrogens with zero attached hydrogens (tertiary/aromatic N) is 2. The van der Waals surface area contributed by atoms with Gasteiger partial charge in [-0.05, 0) is 66.8 Å². The van der Waals surface area contributed by atoms with Crippen LogP contribution < -0.4 is 5.32 Å². The summed E-state index contributed by atoms with van der Waals surface area (Å²) in [5.74, 6) is -0.143. The van der Waals surface area contributed by atoms with E-state index in [1.807, 2.05) is 53.4 Å². The monoisotopic (exact) mass is 595 g/mol. The van der Waals surface area contributed by atoms with E-state index in [2.05, 4.69) is 5.32 Å². The van der Waals surface area contributed by atoms with Crippen LogP contribution in [0.3, 0.4) is 0 Å². The Hall–Kier alpha value is -3.96. The zero-order chi connectivity index (χ0) is 30.1. The van der Waals surface area contributed by atoms with Gasteiger partial charge in [-0.15, -0.1) is 3.89 Å². The van der Waals surface area contributed by atoms with Crippen LogP contribution in [-0.4, -0.2) is 68.8 Å². The van der Waals surface area contributed by atoms with Crippen LogP contribution in [0.2, 0.25) is 0 Å². The highest BCUT2D eigenvalue weighted by Gasteiger charge is 2.29. The second-order valence-corrected chi connectivity index (χ2v) is 12.8. The number of ether oxygens (including phenoxy) is 2. The molecule has 0 atom stereocenters. The van der Waals surface area contributed by atoms with Gasteiger partial charge >= 0.3 is 22.4 Å². The highest BCUT2D eigenvalue weighted by atomic mass is 32.3. The van der Waals surface area contributed by atoms with Gasteiger partial charge in [-0.3, -0.25) is 10.2 Å². The average molecular weight is 596 g/mol. The fourth-order valence-corrected chi connectivity index (χ4v) is 5.95. The summed E-state index contributed by atoms with van der Waals surface area (Å²) in [6, 6.07) is 19.8. The van der Waals surface area contributed by atoms with Crippen LogP contribution in [0.15, 0.2) is 71.6 Å². The normalized spacial score (nSPS) is 15.6. The molecule has 1 saturated heterocycles. The van der Waals surface area contributed by atoms with Gasteiger partial charge in [0.1, 0.15) is 17.1 Å². The van der Waals surface area contributed by atoms with Crippen molar-refractivity contribution in [1.29, 1.82) is 0 Å². The third kappa shape index (κ3) is 6.91. The minimum absolute atomic E-state index is 0.0791. The van der Waals surface area contributed by atoms with Crippen LogP contribution in [0.4, 0.5) is 19.2 Å². The van der Waals surface area contributed by atoms with E-state index < -0.39 is 26.8 Å². The number of carbonyl (C=O) groups excluding carboxylic acids is 2. The SMILES string of the molecule is CC(C)(C)OC(=O)N1CCN(Cc2cc(NC(=O)OCC3c4ccccc4-c4ccccc43)cc(S(=O)(=O)F)c2)CC1. The van der Waals surface area contributed by atoms with E-state index >= 15 is 0 Å². The first-order valence-electron chi connectivity index (χ1n) is 13.8. The van der Waals surface area contributed by atoms with Gasteiger partial charge in [0.15, 0.2) is 0 Å². The van der Waals surface area contributed by atoms with Crippen molar-refractivity contribution in [2.45, 2.75) is 43.7 Å². The highest BCUT2D eigenvalue weighted by Crippen LogP contribution is 2.44. The molecule has 2 aliphatic rings. The van der Waals surface area contributed by atoms with Crippen LogP contribution in [0.1, 0.15) is 43.4 Å². The zero-order valence-electron chi connectivity index (χ0n) is 23.8. The summed E-state index contributed by atoms with van der Waals surface area (Å²) in [7, 11) is -5.03. The number of fused-ring (bicyclic) bond motifs is 3. The van der Waals surface area contributed by atoms with Gasteiger partial charge < -0.3 is 14.4 Å². The largest absolute Gasteiger partial charge is 0.448 e. The number of halogens is 1. The molecule has 3 aromatic rings. The number of rotatable bonds is 6. The number of amides is 2. The predicted octanol–water partition coefficient (Wildman–Crippen LogP) is 5.76. The lowest BCUT2D eigenvalue weighted by molar-refractivity contribution is 0.0139. The van der Waals surface area contributed by atoms with Gasteiger partial charge in [-0.1, -0.05) is 48.5 Å². The molecule has 1 N–H and O–H groups in total. The lowest BCUT2D eigenvalue weighted by atomic mass is 9.98. The molecule has 0 unspecified atom stereocenters. The molecule has 9 nitrogen and oxygen atoms in total. The zero-order valence-corrected chi connectivity index (χ0v) is 24.6. The molecule has 0 aromatic heterocycles. The van der Waals surface area contributed by atoms with Crippen molar-refractivity contribution in [3.8, 4) is 11.1 Å². The first-order valence-corrected chi connectivity index (χ1v) is 15.2. The molecule has 42 heavy (non-hydrogen) atoms. The second kappa shape index (κ2) is 11.7. The van der Waals surface area contributed by atoms with Gasteiger partial charge in [-0.2, -0.15) is 8.42 Å². The molecular weight excluding hydrogens is 561 g/mol. The van der Waals surface area contributed by atoms with Crippen molar-refractivity contribution < 1.29 is 31.4 Å². The Morgan fingerprint density at radius 1 is 0.929 bits per heavy atom. The summed E-state index contributed by atoms with van der Waals surface area (Å²) in [5.41, 5.74) is 4.32. The number of hydrogen-bond donors (Lipinski definition) is 1. The topological polar surface area (TPSA) is 105 Å². The summed E-state index contributed by atoms with van der Waals surface area (Å²) in [4.78, 5) is 28.3. The first-order chi connectivity index (χ1) is 19.9. The van der Waals surface area contributed by atoms with Gasteiger partial charge in [-0.25, -0.2) is 9.59 Å². The van der Waals surface area contributed by atoms with Gasteiger partial charge in [0, 0.05) is 44.3 Å². The molecule has 1 heterocycles. The van der Waals surface area contributed by atoms with Crippen LogP contribution in [0, 0.1) is 0 Å². The molecule has 0 spiro atoms. The lowest BCUT2D eigenvalue weighted by Gasteiger charge is -2.35. The van der Waals surface area contributed by atoms with E-state index in [1.165, 1.54) is 6.07 Å². The van der Waals surface area contributed by atoms with Crippen molar-refractivity contribution in [3.05, 3.63) is 83.4 Å². The molecule has 11 heteroatoms. The Balaban J connectivity index is 1.24. The van der Waals surface area contributed by atoms with Crippen molar-refractivity contribution in [1.82, 2.24) is 9.80 Å². The molecule has 3 aromatic carbocycles. The minimum Gasteiger partial charge on any atom is -0.448 e. The summed E-state index contributed by atoms with van der Waals surface area (Å²) in [6.07, 6.45) is -1.16. The number of nitrogens with one attached hydrogen (secondary N) is 1. The van der Waals surface area contributed by atoms with Crippen LogP contribution >= 0.6 is 0 Å².